The number of ether oxygens (including phenoxy) is 1. The third-order valence-electron chi connectivity index (χ3n) is 2.83. The van der Waals surface area contributed by atoms with Crippen molar-refractivity contribution >= 4 is 11.9 Å². The second-order valence-electron chi connectivity index (χ2n) is 4.34. The SMILES string of the molecule is COc1nc(N[C@@H](Cc2ccccc2)C(N)=O)ncc1F. The van der Waals surface area contributed by atoms with Gasteiger partial charge in [0.25, 0.3) is 5.88 Å². The van der Waals surface area contributed by atoms with Gasteiger partial charge in [-0.1, -0.05) is 30.3 Å². The van der Waals surface area contributed by atoms with Crippen molar-refractivity contribution in [2.45, 2.75) is 12.5 Å². The van der Waals surface area contributed by atoms with Crippen LogP contribution in [-0.2, 0) is 11.2 Å². The number of anilines is 1. The summed E-state index contributed by atoms with van der Waals surface area (Å²) in [5.74, 6) is -1.35. The summed E-state index contributed by atoms with van der Waals surface area (Å²) in [5, 5.41) is 2.79. The van der Waals surface area contributed by atoms with Crippen LogP contribution >= 0.6 is 0 Å². The fourth-order valence-electron chi connectivity index (χ4n) is 1.79. The van der Waals surface area contributed by atoms with Crippen molar-refractivity contribution in [1.82, 2.24) is 9.97 Å². The van der Waals surface area contributed by atoms with Crippen molar-refractivity contribution < 1.29 is 13.9 Å². The minimum Gasteiger partial charge on any atom is -0.479 e. The molecule has 1 aromatic heterocycles. The molecular formula is C14H15FN4O2. The summed E-state index contributed by atoms with van der Waals surface area (Å²) in [5.41, 5.74) is 6.30. The normalized spacial score (nSPS) is 11.7. The highest BCUT2D eigenvalue weighted by atomic mass is 19.1. The lowest BCUT2D eigenvalue weighted by Gasteiger charge is -2.15. The third-order valence-corrected chi connectivity index (χ3v) is 2.83. The molecule has 1 aromatic carbocycles. The molecule has 0 saturated heterocycles. The van der Waals surface area contributed by atoms with Crippen LogP contribution in [0.25, 0.3) is 0 Å². The highest BCUT2D eigenvalue weighted by molar-refractivity contribution is 5.82. The number of amides is 1. The predicted octanol–water partition coefficient (Wildman–Crippen LogP) is 1.13. The number of nitrogens with one attached hydrogen (secondary N) is 1. The molecule has 3 N–H and O–H groups in total. The average Bonchev–Trinajstić information content (AvgIpc) is 2.49. The lowest BCUT2D eigenvalue weighted by Crippen LogP contribution is -2.37. The number of hydrogen-bond donors (Lipinski definition) is 2. The number of primary amides is 1. The van der Waals surface area contributed by atoms with Gasteiger partial charge in [0, 0.05) is 6.42 Å². The van der Waals surface area contributed by atoms with Crippen LogP contribution in [0.1, 0.15) is 5.56 Å². The van der Waals surface area contributed by atoms with Crippen LogP contribution in [0, 0.1) is 5.82 Å². The Morgan fingerprint density at radius 1 is 1.43 bits per heavy atom. The van der Waals surface area contributed by atoms with Gasteiger partial charge in [-0.3, -0.25) is 4.79 Å². The van der Waals surface area contributed by atoms with Crippen LogP contribution in [0.3, 0.4) is 0 Å². The Balaban J connectivity index is 2.15. The minimum absolute atomic E-state index is 0.0768. The second-order valence-corrected chi connectivity index (χ2v) is 4.34. The summed E-state index contributed by atoms with van der Waals surface area (Å²) >= 11 is 0. The third kappa shape index (κ3) is 3.88. The van der Waals surface area contributed by atoms with Crippen molar-refractivity contribution in [3.8, 4) is 5.88 Å². The highest BCUT2D eigenvalue weighted by Crippen LogP contribution is 2.15. The fourth-order valence-corrected chi connectivity index (χ4v) is 1.79. The topological polar surface area (TPSA) is 90.1 Å². The van der Waals surface area contributed by atoms with Gasteiger partial charge in [0.05, 0.1) is 13.3 Å². The maximum absolute atomic E-state index is 13.2. The maximum atomic E-state index is 13.2. The van der Waals surface area contributed by atoms with Gasteiger partial charge in [-0.2, -0.15) is 9.37 Å². The average molecular weight is 290 g/mol. The first-order chi connectivity index (χ1) is 10.1. The van der Waals surface area contributed by atoms with Crippen LogP contribution in [0.5, 0.6) is 5.88 Å². The monoisotopic (exact) mass is 290 g/mol. The maximum Gasteiger partial charge on any atom is 0.255 e. The standard InChI is InChI=1S/C14H15FN4O2/c1-21-13-10(15)8-17-14(19-13)18-11(12(16)20)7-9-5-3-2-4-6-9/h2-6,8,11H,7H2,1H3,(H2,16,20)(H,17,18,19)/t11-/m0/s1. The Morgan fingerprint density at radius 3 is 2.76 bits per heavy atom. The van der Waals surface area contributed by atoms with E-state index < -0.39 is 17.8 Å². The molecule has 2 rings (SSSR count). The molecule has 1 heterocycles. The number of carbonyl (C=O) groups is 1. The molecule has 21 heavy (non-hydrogen) atoms. The van der Waals surface area contributed by atoms with Gasteiger partial charge < -0.3 is 15.8 Å². The summed E-state index contributed by atoms with van der Waals surface area (Å²) in [4.78, 5) is 19.1. The van der Waals surface area contributed by atoms with E-state index in [4.69, 9.17) is 10.5 Å². The number of halogens is 1. The molecule has 0 spiro atoms. The first-order valence-corrected chi connectivity index (χ1v) is 6.26. The first kappa shape index (κ1) is 14.7. The van der Waals surface area contributed by atoms with Crippen molar-refractivity contribution in [1.29, 1.82) is 0 Å². The Labute approximate surface area is 121 Å². The zero-order valence-electron chi connectivity index (χ0n) is 11.4. The van der Waals surface area contributed by atoms with E-state index >= 15 is 0 Å². The van der Waals surface area contributed by atoms with Crippen molar-refractivity contribution in [2.24, 2.45) is 5.73 Å². The van der Waals surface area contributed by atoms with Crippen LogP contribution in [0.4, 0.5) is 10.3 Å². The molecule has 6 nitrogen and oxygen atoms in total. The van der Waals surface area contributed by atoms with Crippen LogP contribution in [0.2, 0.25) is 0 Å². The molecular weight excluding hydrogens is 275 g/mol. The fraction of sp³-hybridized carbons (Fsp3) is 0.214. The molecule has 0 fully saturated rings. The smallest absolute Gasteiger partial charge is 0.255 e. The van der Waals surface area contributed by atoms with E-state index in [-0.39, 0.29) is 11.8 Å². The van der Waals surface area contributed by atoms with Gasteiger partial charge in [-0.25, -0.2) is 4.98 Å². The number of aromatic nitrogens is 2. The largest absolute Gasteiger partial charge is 0.479 e. The van der Waals surface area contributed by atoms with Crippen LogP contribution < -0.4 is 15.8 Å². The number of carbonyl (C=O) groups excluding carboxylic acids is 1. The molecule has 1 amide bonds. The number of rotatable bonds is 6. The molecule has 0 unspecified atom stereocenters. The molecule has 0 radical (unpaired) electrons. The summed E-state index contributed by atoms with van der Waals surface area (Å²) in [6.07, 6.45) is 1.34. The van der Waals surface area contributed by atoms with E-state index in [0.717, 1.165) is 11.8 Å². The van der Waals surface area contributed by atoms with Crippen molar-refractivity contribution in [3.05, 3.63) is 47.9 Å². The van der Waals surface area contributed by atoms with Gasteiger partial charge in [0.1, 0.15) is 6.04 Å². The number of hydrogen-bond acceptors (Lipinski definition) is 5. The summed E-state index contributed by atoms with van der Waals surface area (Å²) in [7, 11) is 1.30. The number of nitrogens with zero attached hydrogens (tertiary/aromatic N) is 2. The van der Waals surface area contributed by atoms with Gasteiger partial charge >= 0.3 is 0 Å². The summed E-state index contributed by atoms with van der Waals surface area (Å²) < 4.78 is 18.0. The van der Waals surface area contributed by atoms with E-state index in [2.05, 4.69) is 15.3 Å². The molecule has 0 aliphatic rings. The zero-order chi connectivity index (χ0) is 15.2. The summed E-state index contributed by atoms with van der Waals surface area (Å²) in [6, 6.07) is 8.66. The van der Waals surface area contributed by atoms with E-state index in [1.165, 1.54) is 7.11 Å². The number of nitrogens with two attached hydrogens (primary N) is 1. The Bertz CT molecular complexity index is 622. The van der Waals surface area contributed by atoms with E-state index in [1.807, 2.05) is 30.3 Å². The summed E-state index contributed by atoms with van der Waals surface area (Å²) in [6.45, 7) is 0. The van der Waals surface area contributed by atoms with Crippen molar-refractivity contribution in [2.75, 3.05) is 12.4 Å². The predicted molar refractivity (Wildman–Crippen MR) is 75.3 cm³/mol. The van der Waals surface area contributed by atoms with Crippen molar-refractivity contribution in [3.63, 3.8) is 0 Å². The number of benzene rings is 1. The molecule has 2 aromatic rings. The van der Waals surface area contributed by atoms with E-state index in [1.54, 1.807) is 0 Å². The van der Waals surface area contributed by atoms with E-state index in [9.17, 15) is 9.18 Å². The second kappa shape index (κ2) is 6.65. The lowest BCUT2D eigenvalue weighted by molar-refractivity contribution is -0.118. The lowest BCUT2D eigenvalue weighted by atomic mass is 10.1. The number of methoxy groups -OCH3 is 1. The minimum atomic E-state index is -0.706. The van der Waals surface area contributed by atoms with Gasteiger partial charge in [0.15, 0.2) is 0 Å². The quantitative estimate of drug-likeness (QED) is 0.832. The van der Waals surface area contributed by atoms with Gasteiger partial charge in [0.2, 0.25) is 17.7 Å². The molecule has 0 saturated carbocycles. The molecule has 0 aliphatic heterocycles. The molecule has 110 valence electrons. The molecule has 0 aliphatic carbocycles. The van der Waals surface area contributed by atoms with Crippen LogP contribution in [0.15, 0.2) is 36.5 Å². The Hall–Kier alpha value is -2.70. The van der Waals surface area contributed by atoms with Gasteiger partial charge in [-0.15, -0.1) is 0 Å². The molecule has 0 bridgehead atoms. The van der Waals surface area contributed by atoms with E-state index in [0.29, 0.717) is 6.42 Å². The zero-order valence-corrected chi connectivity index (χ0v) is 11.4. The highest BCUT2D eigenvalue weighted by Gasteiger charge is 2.18. The van der Waals surface area contributed by atoms with Gasteiger partial charge in [-0.05, 0) is 5.56 Å². The molecule has 7 heteroatoms. The first-order valence-electron chi connectivity index (χ1n) is 6.26. The van der Waals surface area contributed by atoms with Crippen LogP contribution in [-0.4, -0.2) is 29.0 Å². The molecule has 1 atom stereocenters. The Kier molecular flexibility index (Phi) is 4.65. The Morgan fingerprint density at radius 2 is 2.14 bits per heavy atom.